The molecule has 36 heavy (non-hydrogen) atoms. The Balaban J connectivity index is 1.71. The molecular weight excluding hydrogens is 473 g/mol. The molecule has 0 saturated heterocycles. The molecule has 0 spiro atoms. The molecule has 0 radical (unpaired) electrons. The quantitative estimate of drug-likeness (QED) is 0.441. The predicted octanol–water partition coefficient (Wildman–Crippen LogP) is 3.46. The molecule has 188 valence electrons. The van der Waals surface area contributed by atoms with Gasteiger partial charge in [-0.1, -0.05) is 12.5 Å². The van der Waals surface area contributed by atoms with Gasteiger partial charge in [0.25, 0.3) is 0 Å². The van der Waals surface area contributed by atoms with Gasteiger partial charge in [-0.3, -0.25) is 13.8 Å². The minimum absolute atomic E-state index is 0.0590. The molecule has 8 nitrogen and oxygen atoms in total. The lowest BCUT2D eigenvalue weighted by Crippen LogP contribution is -2.25. The van der Waals surface area contributed by atoms with E-state index in [2.05, 4.69) is 15.5 Å². The topological polar surface area (TPSA) is 86.2 Å². The van der Waals surface area contributed by atoms with Crippen molar-refractivity contribution in [3.8, 4) is 5.69 Å². The number of aromatic nitrogens is 5. The first-order chi connectivity index (χ1) is 17.2. The summed E-state index contributed by atoms with van der Waals surface area (Å²) in [5.41, 5.74) is 0.112. The molecule has 0 bridgehead atoms. The van der Waals surface area contributed by atoms with Crippen molar-refractivity contribution in [2.45, 2.75) is 37.8 Å². The average molecular weight is 499 g/mol. The van der Waals surface area contributed by atoms with E-state index in [0.717, 1.165) is 41.1 Å². The van der Waals surface area contributed by atoms with Crippen LogP contribution >= 0.6 is 0 Å². The van der Waals surface area contributed by atoms with E-state index in [1.54, 1.807) is 18.5 Å². The van der Waals surface area contributed by atoms with E-state index in [9.17, 15) is 22.8 Å². The number of hydrogen-bond donors (Lipinski definition) is 1. The number of pyridine rings is 1. The zero-order valence-corrected chi connectivity index (χ0v) is 19.8. The molecule has 5 rings (SSSR count). The van der Waals surface area contributed by atoms with Crippen LogP contribution in [0.4, 0.5) is 13.2 Å². The largest absolute Gasteiger partial charge is 0.418 e. The van der Waals surface area contributed by atoms with Crippen LogP contribution in [0.1, 0.15) is 47.7 Å². The Labute approximate surface area is 204 Å². The van der Waals surface area contributed by atoms with Crippen LogP contribution in [0.15, 0.2) is 53.8 Å². The van der Waals surface area contributed by atoms with E-state index >= 15 is 0 Å². The Morgan fingerprint density at radius 2 is 2.03 bits per heavy atom. The van der Waals surface area contributed by atoms with E-state index in [1.807, 2.05) is 17.7 Å². The molecule has 1 fully saturated rings. The molecule has 1 aliphatic rings. The van der Waals surface area contributed by atoms with Crippen molar-refractivity contribution < 1.29 is 18.0 Å². The standard InChI is InChI=1S/C25H25F3N6O2/c1-29-21(35)11-15-9-17(22(16-5-3-6-16)23-31-30-14-32(23)2)12-18(10-15)34-13-20-19(25(26,27)28)7-4-8-33(20)24(34)36/h4,7-10,12-14,16,22H,3,5-6,11H2,1-2H3,(H,29,35)/t22-/m1/s1. The van der Waals surface area contributed by atoms with Crippen LogP contribution in [0.2, 0.25) is 0 Å². The van der Waals surface area contributed by atoms with Crippen molar-refractivity contribution in [1.82, 2.24) is 29.0 Å². The lowest BCUT2D eigenvalue weighted by molar-refractivity contribution is -0.136. The fraction of sp³-hybridized carbons (Fsp3) is 0.360. The van der Waals surface area contributed by atoms with Gasteiger partial charge in [0.1, 0.15) is 12.2 Å². The van der Waals surface area contributed by atoms with Crippen LogP contribution in [0.5, 0.6) is 0 Å². The third-order valence-corrected chi connectivity index (χ3v) is 6.93. The second-order valence-electron chi connectivity index (χ2n) is 9.21. The lowest BCUT2D eigenvalue weighted by atomic mass is 9.72. The zero-order valence-electron chi connectivity index (χ0n) is 19.8. The smallest absolute Gasteiger partial charge is 0.359 e. The molecule has 1 N–H and O–H groups in total. The van der Waals surface area contributed by atoms with Gasteiger partial charge in [0.05, 0.1) is 23.2 Å². The van der Waals surface area contributed by atoms with E-state index in [1.165, 1.54) is 30.1 Å². The van der Waals surface area contributed by atoms with Crippen LogP contribution in [0.25, 0.3) is 11.2 Å². The summed E-state index contributed by atoms with van der Waals surface area (Å²) in [7, 11) is 3.40. The minimum Gasteiger partial charge on any atom is -0.359 e. The van der Waals surface area contributed by atoms with Crippen LogP contribution in [-0.2, 0) is 24.4 Å². The van der Waals surface area contributed by atoms with Gasteiger partial charge in [-0.25, -0.2) is 4.79 Å². The first kappa shape index (κ1) is 23.8. The third kappa shape index (κ3) is 4.18. The Morgan fingerprint density at radius 1 is 1.25 bits per heavy atom. The Morgan fingerprint density at radius 3 is 2.64 bits per heavy atom. The van der Waals surface area contributed by atoms with Crippen molar-refractivity contribution in [3.63, 3.8) is 0 Å². The number of amides is 1. The molecular formula is C25H25F3N6O2. The summed E-state index contributed by atoms with van der Waals surface area (Å²) in [6.07, 6.45) is 2.68. The first-order valence-electron chi connectivity index (χ1n) is 11.7. The number of carbonyl (C=O) groups excluding carboxylic acids is 1. The van der Waals surface area contributed by atoms with Gasteiger partial charge in [-0.05, 0) is 54.2 Å². The van der Waals surface area contributed by atoms with E-state index < -0.39 is 17.4 Å². The SMILES string of the molecule is CNC(=O)Cc1cc([C@H](c2nncn2C)C2CCC2)cc(-n2cc3c(C(F)(F)F)cccn3c2=O)c1. The number of halogens is 3. The van der Waals surface area contributed by atoms with Gasteiger partial charge in [0.2, 0.25) is 5.91 Å². The summed E-state index contributed by atoms with van der Waals surface area (Å²) in [6.45, 7) is 0. The first-order valence-corrected chi connectivity index (χ1v) is 11.7. The fourth-order valence-corrected chi connectivity index (χ4v) is 4.91. The van der Waals surface area contributed by atoms with Crippen molar-refractivity contribution >= 4 is 11.4 Å². The molecule has 1 atom stereocenters. The number of hydrogen-bond acceptors (Lipinski definition) is 4. The number of rotatable bonds is 6. The molecule has 1 aliphatic carbocycles. The number of alkyl halides is 3. The van der Waals surface area contributed by atoms with Gasteiger partial charge >= 0.3 is 11.9 Å². The van der Waals surface area contributed by atoms with Gasteiger partial charge < -0.3 is 9.88 Å². The highest BCUT2D eigenvalue weighted by Gasteiger charge is 2.35. The molecule has 1 saturated carbocycles. The maximum atomic E-state index is 13.6. The highest BCUT2D eigenvalue weighted by Crippen LogP contribution is 2.43. The normalized spacial score (nSPS) is 15.1. The zero-order chi connectivity index (χ0) is 25.6. The summed E-state index contributed by atoms with van der Waals surface area (Å²) >= 11 is 0. The summed E-state index contributed by atoms with van der Waals surface area (Å²) in [4.78, 5) is 25.4. The predicted molar refractivity (Wildman–Crippen MR) is 126 cm³/mol. The van der Waals surface area contributed by atoms with Crippen molar-refractivity contribution in [3.05, 3.63) is 82.1 Å². The molecule has 0 aliphatic heterocycles. The summed E-state index contributed by atoms with van der Waals surface area (Å²) in [6, 6.07) is 7.54. The summed E-state index contributed by atoms with van der Waals surface area (Å²) in [5.74, 6) is 0.716. The van der Waals surface area contributed by atoms with E-state index in [0.29, 0.717) is 17.2 Å². The number of fused-ring (bicyclic) bond motifs is 1. The van der Waals surface area contributed by atoms with Gasteiger partial charge in [0.15, 0.2) is 0 Å². The lowest BCUT2D eigenvalue weighted by Gasteiger charge is -2.33. The number of carbonyl (C=O) groups is 1. The highest BCUT2D eigenvalue weighted by atomic mass is 19.4. The number of nitrogens with zero attached hydrogens (tertiary/aromatic N) is 5. The van der Waals surface area contributed by atoms with E-state index in [-0.39, 0.29) is 23.8 Å². The average Bonchev–Trinajstić information content (AvgIpc) is 3.38. The van der Waals surface area contributed by atoms with Crippen LogP contribution in [-0.4, -0.2) is 36.7 Å². The second kappa shape index (κ2) is 8.96. The number of likely N-dealkylation sites (N-methyl/N-ethyl adjacent to an activating group) is 1. The molecule has 4 aromatic rings. The number of aryl methyl sites for hydroxylation is 1. The van der Waals surface area contributed by atoms with E-state index in [4.69, 9.17) is 0 Å². The molecule has 1 amide bonds. The monoisotopic (exact) mass is 498 g/mol. The Bertz CT molecular complexity index is 1500. The third-order valence-electron chi connectivity index (χ3n) is 6.93. The van der Waals surface area contributed by atoms with Crippen molar-refractivity contribution in [1.29, 1.82) is 0 Å². The fourth-order valence-electron chi connectivity index (χ4n) is 4.91. The Kier molecular flexibility index (Phi) is 5.93. The molecule has 3 heterocycles. The Hall–Kier alpha value is -3.89. The maximum absolute atomic E-state index is 13.6. The summed E-state index contributed by atoms with van der Waals surface area (Å²) < 4.78 is 44.9. The molecule has 3 aromatic heterocycles. The second-order valence-corrected chi connectivity index (χ2v) is 9.21. The molecule has 11 heteroatoms. The number of benzene rings is 1. The summed E-state index contributed by atoms with van der Waals surface area (Å²) in [5, 5.41) is 11.0. The van der Waals surface area contributed by atoms with Crippen molar-refractivity contribution in [2.75, 3.05) is 7.05 Å². The molecule has 0 unspecified atom stereocenters. The minimum atomic E-state index is -4.61. The number of imidazole rings is 1. The number of nitrogens with one attached hydrogen (secondary N) is 1. The highest BCUT2D eigenvalue weighted by molar-refractivity contribution is 5.78. The van der Waals surface area contributed by atoms with Gasteiger partial charge in [-0.2, -0.15) is 13.2 Å². The van der Waals surface area contributed by atoms with Crippen molar-refractivity contribution in [2.24, 2.45) is 13.0 Å². The molecule has 1 aromatic carbocycles. The van der Waals surface area contributed by atoms with Crippen LogP contribution in [0, 0.1) is 5.92 Å². The maximum Gasteiger partial charge on any atom is 0.418 e. The van der Waals surface area contributed by atoms with Gasteiger partial charge in [0, 0.05) is 32.4 Å². The van der Waals surface area contributed by atoms with Crippen LogP contribution < -0.4 is 11.0 Å². The van der Waals surface area contributed by atoms with Crippen LogP contribution in [0.3, 0.4) is 0 Å². The van der Waals surface area contributed by atoms with Gasteiger partial charge in [-0.15, -0.1) is 10.2 Å².